The third kappa shape index (κ3) is 5.20. The Kier molecular flexibility index (Phi) is 6.11. The molecule has 2 aromatic rings. The molecule has 0 radical (unpaired) electrons. The van der Waals surface area contributed by atoms with E-state index >= 15 is 4.39 Å². The van der Waals surface area contributed by atoms with E-state index in [1.807, 2.05) is 30.0 Å². The lowest BCUT2D eigenvalue weighted by molar-refractivity contribution is -0.119. The highest BCUT2D eigenvalue weighted by atomic mass is 19.1. The second kappa shape index (κ2) is 9.59. The summed E-state index contributed by atoms with van der Waals surface area (Å²) in [4.78, 5) is 29.2. The quantitative estimate of drug-likeness (QED) is 0.598. The minimum atomic E-state index is -0.407. The van der Waals surface area contributed by atoms with Crippen molar-refractivity contribution in [2.24, 2.45) is 16.6 Å². The van der Waals surface area contributed by atoms with Crippen molar-refractivity contribution in [1.82, 2.24) is 14.9 Å². The predicted molar refractivity (Wildman–Crippen MR) is 140 cm³/mol. The molecule has 0 unspecified atom stereocenters. The molecule has 1 saturated carbocycles. The van der Waals surface area contributed by atoms with E-state index in [4.69, 9.17) is 10.5 Å². The number of carbonyl (C=O) groups excluding carboxylic acids is 1. The number of nitrogens with two attached hydrogens (primary N) is 1. The van der Waals surface area contributed by atoms with E-state index in [-0.39, 0.29) is 24.2 Å². The molecule has 1 aromatic heterocycles. The molecular weight excluding hydrogens is 473 g/mol. The van der Waals surface area contributed by atoms with Crippen molar-refractivity contribution in [1.29, 1.82) is 0 Å². The van der Waals surface area contributed by atoms with Crippen LogP contribution in [0.5, 0.6) is 11.8 Å². The van der Waals surface area contributed by atoms with Gasteiger partial charge in [-0.25, -0.2) is 4.39 Å². The number of nitrogens with one attached hydrogen (secondary N) is 1. The number of hydrogen-bond donors (Lipinski definition) is 2. The number of aromatic nitrogens is 2. The summed E-state index contributed by atoms with van der Waals surface area (Å²) < 4.78 is 21.2. The maximum atomic E-state index is 15.3. The number of allylic oxidation sites excluding steroid dienone is 1. The third-order valence-corrected chi connectivity index (χ3v) is 7.18. The zero-order chi connectivity index (χ0) is 25.5. The summed E-state index contributed by atoms with van der Waals surface area (Å²) in [6, 6.07) is 5.44. The van der Waals surface area contributed by atoms with Crippen LogP contribution in [0, 0.1) is 11.7 Å². The summed E-state index contributed by atoms with van der Waals surface area (Å²) in [6.45, 7) is 5.61. The molecule has 1 saturated heterocycles. The maximum Gasteiger partial charge on any atom is 0.326 e. The lowest BCUT2D eigenvalue weighted by Crippen LogP contribution is -2.49. The molecule has 3 heterocycles. The van der Waals surface area contributed by atoms with E-state index in [1.165, 1.54) is 18.4 Å². The van der Waals surface area contributed by atoms with Crippen LogP contribution < -0.4 is 20.7 Å². The van der Waals surface area contributed by atoms with Gasteiger partial charge in [0.1, 0.15) is 17.5 Å². The molecule has 1 aromatic carbocycles. The Hall–Kier alpha value is -3.79. The zero-order valence-corrected chi connectivity index (χ0v) is 20.8. The Morgan fingerprint density at radius 2 is 2.00 bits per heavy atom. The van der Waals surface area contributed by atoms with Crippen LogP contribution in [-0.2, 0) is 11.2 Å². The highest BCUT2D eigenvalue weighted by molar-refractivity contribution is 6.05. The topological polar surface area (TPSA) is 109 Å². The van der Waals surface area contributed by atoms with Gasteiger partial charge in [-0.05, 0) is 55.4 Å². The number of halogens is 1. The lowest BCUT2D eigenvalue weighted by atomic mass is 10.1. The molecule has 37 heavy (non-hydrogen) atoms. The molecule has 0 atom stereocenters. The minimum Gasteiger partial charge on any atom is -0.421 e. The fourth-order valence-electron chi connectivity index (χ4n) is 5.09. The van der Waals surface area contributed by atoms with Gasteiger partial charge in [-0.2, -0.15) is 9.97 Å². The molecule has 0 spiro atoms. The summed E-state index contributed by atoms with van der Waals surface area (Å²) in [5.41, 5.74) is 9.33. The van der Waals surface area contributed by atoms with Gasteiger partial charge in [0.2, 0.25) is 5.91 Å². The summed E-state index contributed by atoms with van der Waals surface area (Å²) >= 11 is 0. The number of hydrogen-bond acceptors (Lipinski definition) is 8. The largest absolute Gasteiger partial charge is 0.421 e. The standard InChI is InChI=1S/C27H30FN7O2/c1-16-10-18-4-5-21(26(28)20(18)11-16)37-27-32-24(31-23-12-19(14-30-23)17-2-3-17)13-25(33-27)35-8-6-34(7-9-35)15-22(29)36/h4-5,11-13,17H,2-3,6-10,14-15H2,1H3,(H2,29,36)(H,30,31,32,33). The lowest BCUT2D eigenvalue weighted by Gasteiger charge is -2.34. The molecular formula is C27H30FN7O2. The number of rotatable bonds is 7. The van der Waals surface area contributed by atoms with Gasteiger partial charge < -0.3 is 20.7 Å². The van der Waals surface area contributed by atoms with Crippen molar-refractivity contribution in [3.05, 3.63) is 52.4 Å². The first-order valence-electron chi connectivity index (χ1n) is 12.7. The Bertz CT molecular complexity index is 1340. The summed E-state index contributed by atoms with van der Waals surface area (Å²) in [7, 11) is 0. The number of carbonyl (C=O) groups is 1. The molecule has 1 amide bonds. The van der Waals surface area contributed by atoms with E-state index in [9.17, 15) is 4.79 Å². The Morgan fingerprint density at radius 1 is 1.19 bits per heavy atom. The Morgan fingerprint density at radius 3 is 2.76 bits per heavy atom. The molecule has 6 rings (SSSR count). The molecule has 10 heteroatoms. The molecule has 3 N–H and O–H groups in total. The Balaban J connectivity index is 1.26. The van der Waals surface area contributed by atoms with Crippen LogP contribution >= 0.6 is 0 Å². The van der Waals surface area contributed by atoms with Gasteiger partial charge in [0.25, 0.3) is 0 Å². The molecule has 0 bridgehead atoms. The second-order valence-corrected chi connectivity index (χ2v) is 10.2. The molecule has 2 aliphatic carbocycles. The highest BCUT2D eigenvalue weighted by Gasteiger charge is 2.28. The number of amidine groups is 1. The number of amides is 1. The summed E-state index contributed by atoms with van der Waals surface area (Å²) in [5, 5.41) is 3.30. The molecule has 4 aliphatic rings. The SMILES string of the molecule is CC1=Cc2c(ccc(Oc3nc(NC4=NCC(C5CC5)=C4)cc(N4CCN(CC(N)=O)CC4)n3)c2F)C1. The Labute approximate surface area is 214 Å². The van der Waals surface area contributed by atoms with Gasteiger partial charge in [0.15, 0.2) is 11.6 Å². The number of benzene rings is 1. The van der Waals surface area contributed by atoms with Crippen LogP contribution in [0.3, 0.4) is 0 Å². The predicted octanol–water partition coefficient (Wildman–Crippen LogP) is 3.14. The molecule has 2 fully saturated rings. The fourth-order valence-corrected chi connectivity index (χ4v) is 5.09. The van der Waals surface area contributed by atoms with Gasteiger partial charge in [-0.1, -0.05) is 17.7 Å². The van der Waals surface area contributed by atoms with Gasteiger partial charge >= 0.3 is 6.01 Å². The molecule has 2 aliphatic heterocycles. The first kappa shape index (κ1) is 23.6. The normalized spacial score (nSPS) is 19.3. The van der Waals surface area contributed by atoms with Crippen LogP contribution in [0.1, 0.15) is 30.9 Å². The van der Waals surface area contributed by atoms with Crippen LogP contribution in [0.2, 0.25) is 0 Å². The van der Waals surface area contributed by atoms with Crippen LogP contribution in [-0.4, -0.2) is 65.9 Å². The highest BCUT2D eigenvalue weighted by Crippen LogP contribution is 2.38. The number of fused-ring (bicyclic) bond motifs is 1. The number of piperazine rings is 1. The minimum absolute atomic E-state index is 0.0575. The summed E-state index contributed by atoms with van der Waals surface area (Å²) in [6.07, 6.45) is 7.15. The van der Waals surface area contributed by atoms with Crippen molar-refractivity contribution in [2.75, 3.05) is 49.5 Å². The smallest absolute Gasteiger partial charge is 0.326 e. The van der Waals surface area contributed by atoms with Gasteiger partial charge in [0, 0.05) is 37.8 Å². The average molecular weight is 504 g/mol. The van der Waals surface area contributed by atoms with Crippen LogP contribution in [0.4, 0.5) is 16.0 Å². The van der Waals surface area contributed by atoms with E-state index in [1.54, 1.807) is 6.07 Å². The number of aliphatic imine (C=N–C) groups is 1. The van der Waals surface area contributed by atoms with Crippen molar-refractivity contribution < 1.29 is 13.9 Å². The maximum absolute atomic E-state index is 15.3. The molecule has 9 nitrogen and oxygen atoms in total. The number of nitrogens with zero attached hydrogens (tertiary/aromatic N) is 5. The second-order valence-electron chi connectivity index (χ2n) is 10.2. The number of ether oxygens (including phenoxy) is 1. The van der Waals surface area contributed by atoms with Crippen molar-refractivity contribution in [3.63, 3.8) is 0 Å². The van der Waals surface area contributed by atoms with Crippen molar-refractivity contribution in [3.8, 4) is 11.8 Å². The van der Waals surface area contributed by atoms with E-state index in [0.717, 1.165) is 23.4 Å². The zero-order valence-electron chi connectivity index (χ0n) is 20.8. The molecule has 192 valence electrons. The average Bonchev–Trinajstić information content (AvgIpc) is 3.49. The third-order valence-electron chi connectivity index (χ3n) is 7.18. The van der Waals surface area contributed by atoms with E-state index in [2.05, 4.69) is 31.3 Å². The fraction of sp³-hybridized carbons (Fsp3) is 0.407. The van der Waals surface area contributed by atoms with E-state index < -0.39 is 5.82 Å². The van der Waals surface area contributed by atoms with Gasteiger partial charge in [-0.15, -0.1) is 0 Å². The number of anilines is 2. The van der Waals surface area contributed by atoms with Crippen LogP contribution in [0.25, 0.3) is 6.08 Å². The van der Waals surface area contributed by atoms with Crippen LogP contribution in [0.15, 0.2) is 40.4 Å². The first-order valence-corrected chi connectivity index (χ1v) is 12.7. The van der Waals surface area contributed by atoms with Crippen molar-refractivity contribution >= 4 is 29.5 Å². The van der Waals surface area contributed by atoms with Gasteiger partial charge in [-0.3, -0.25) is 14.7 Å². The first-order chi connectivity index (χ1) is 17.9. The monoisotopic (exact) mass is 503 g/mol. The number of primary amides is 1. The van der Waals surface area contributed by atoms with E-state index in [0.29, 0.717) is 55.8 Å². The van der Waals surface area contributed by atoms with Gasteiger partial charge in [0.05, 0.1) is 13.1 Å². The summed E-state index contributed by atoms with van der Waals surface area (Å²) in [5.74, 6) is 1.95. The van der Waals surface area contributed by atoms with Crippen molar-refractivity contribution in [2.45, 2.75) is 26.2 Å².